The van der Waals surface area contributed by atoms with Gasteiger partial charge in [-0.25, -0.2) is 0 Å². The number of rotatable bonds is 1. The van der Waals surface area contributed by atoms with Crippen LogP contribution in [0.1, 0.15) is 12.8 Å². The highest BCUT2D eigenvalue weighted by atomic mass is 16.3. The van der Waals surface area contributed by atoms with Crippen molar-refractivity contribution in [1.29, 1.82) is 0 Å². The molecule has 0 spiro atoms. The molecule has 1 saturated heterocycles. The minimum absolute atomic E-state index is 0.0932. The van der Waals surface area contributed by atoms with Crippen LogP contribution in [0.25, 0.3) is 0 Å². The van der Waals surface area contributed by atoms with Crippen molar-refractivity contribution in [3.05, 3.63) is 0 Å². The summed E-state index contributed by atoms with van der Waals surface area (Å²) in [5.41, 5.74) is 0. The molecule has 4 nitrogen and oxygen atoms in total. The van der Waals surface area contributed by atoms with Crippen molar-refractivity contribution in [2.45, 2.75) is 25.0 Å². The van der Waals surface area contributed by atoms with Crippen molar-refractivity contribution in [2.24, 2.45) is 0 Å². The van der Waals surface area contributed by atoms with Crippen molar-refractivity contribution >= 4 is 5.91 Å². The van der Waals surface area contributed by atoms with Crippen LogP contribution < -0.4 is 5.32 Å². The first-order chi connectivity index (χ1) is 4.74. The Bertz CT molecular complexity index is 137. The molecule has 3 N–H and O–H groups in total. The second-order valence-corrected chi connectivity index (χ2v) is 2.46. The Balaban J connectivity index is 2.45. The van der Waals surface area contributed by atoms with Crippen molar-refractivity contribution in [2.75, 3.05) is 6.61 Å². The highest BCUT2D eigenvalue weighted by Crippen LogP contribution is 2.08. The minimum atomic E-state index is -0.581. The molecule has 0 aliphatic carbocycles. The van der Waals surface area contributed by atoms with Crippen LogP contribution in [0.2, 0.25) is 0 Å². The molecule has 4 heteroatoms. The third kappa shape index (κ3) is 1.46. The number of piperidine rings is 1. The Morgan fingerprint density at radius 2 is 2.40 bits per heavy atom. The fourth-order valence-corrected chi connectivity index (χ4v) is 1.02. The minimum Gasteiger partial charge on any atom is -0.394 e. The van der Waals surface area contributed by atoms with E-state index in [1.807, 2.05) is 0 Å². The summed E-state index contributed by atoms with van der Waals surface area (Å²) in [4.78, 5) is 10.6. The number of carbonyl (C=O) groups is 1. The van der Waals surface area contributed by atoms with Gasteiger partial charge in [0.1, 0.15) is 0 Å². The molecule has 1 fully saturated rings. The quantitative estimate of drug-likeness (QED) is 0.426. The number of aliphatic hydroxyl groups is 2. The molecule has 0 radical (unpaired) electrons. The van der Waals surface area contributed by atoms with E-state index in [4.69, 9.17) is 10.2 Å². The summed E-state index contributed by atoms with van der Waals surface area (Å²) < 4.78 is 0. The Morgan fingerprint density at radius 1 is 1.70 bits per heavy atom. The predicted octanol–water partition coefficient (Wildman–Crippen LogP) is -1.38. The molecule has 2 atom stereocenters. The lowest BCUT2D eigenvalue weighted by molar-refractivity contribution is -0.126. The monoisotopic (exact) mass is 145 g/mol. The van der Waals surface area contributed by atoms with Gasteiger partial charge in [-0.15, -0.1) is 0 Å². The molecule has 0 aromatic rings. The van der Waals surface area contributed by atoms with Gasteiger partial charge in [0, 0.05) is 6.42 Å². The Kier molecular flexibility index (Phi) is 2.24. The zero-order valence-electron chi connectivity index (χ0n) is 5.58. The van der Waals surface area contributed by atoms with E-state index in [1.165, 1.54) is 0 Å². The zero-order chi connectivity index (χ0) is 7.56. The van der Waals surface area contributed by atoms with Crippen LogP contribution in [0, 0.1) is 0 Å². The van der Waals surface area contributed by atoms with Gasteiger partial charge in [0.2, 0.25) is 5.91 Å². The predicted molar refractivity (Wildman–Crippen MR) is 34.3 cm³/mol. The largest absolute Gasteiger partial charge is 0.394 e. The number of amides is 1. The topological polar surface area (TPSA) is 69.6 Å². The zero-order valence-corrected chi connectivity index (χ0v) is 5.58. The van der Waals surface area contributed by atoms with Crippen LogP contribution >= 0.6 is 0 Å². The summed E-state index contributed by atoms with van der Waals surface area (Å²) in [5, 5.41) is 20.2. The number of carbonyl (C=O) groups excluding carboxylic acids is 1. The number of hydrogen-bond acceptors (Lipinski definition) is 3. The van der Waals surface area contributed by atoms with Gasteiger partial charge in [0.05, 0.1) is 18.8 Å². The SMILES string of the molecule is O=C1CC[C@H](O)[C@H](CO)N1. The van der Waals surface area contributed by atoms with Gasteiger partial charge in [-0.3, -0.25) is 4.79 Å². The van der Waals surface area contributed by atoms with Crippen LogP contribution in [0.5, 0.6) is 0 Å². The van der Waals surface area contributed by atoms with Crippen LogP contribution in [-0.4, -0.2) is 34.9 Å². The maximum absolute atomic E-state index is 10.6. The van der Waals surface area contributed by atoms with E-state index in [2.05, 4.69) is 5.32 Å². The van der Waals surface area contributed by atoms with Gasteiger partial charge < -0.3 is 15.5 Å². The van der Waals surface area contributed by atoms with E-state index in [1.54, 1.807) is 0 Å². The third-order valence-electron chi connectivity index (χ3n) is 1.67. The number of hydrogen-bond donors (Lipinski definition) is 3. The first kappa shape index (κ1) is 7.50. The lowest BCUT2D eigenvalue weighted by Gasteiger charge is -2.26. The molecule has 0 aromatic heterocycles. The summed E-state index contributed by atoms with van der Waals surface area (Å²) in [6.07, 6.45) is 0.233. The van der Waals surface area contributed by atoms with Gasteiger partial charge in [0.25, 0.3) is 0 Å². The molecule has 10 heavy (non-hydrogen) atoms. The van der Waals surface area contributed by atoms with Gasteiger partial charge in [-0.1, -0.05) is 0 Å². The number of aliphatic hydroxyl groups excluding tert-OH is 2. The molecule has 0 saturated carbocycles. The molecular weight excluding hydrogens is 134 g/mol. The van der Waals surface area contributed by atoms with E-state index < -0.39 is 12.1 Å². The molecule has 58 valence electrons. The van der Waals surface area contributed by atoms with Crippen LogP contribution in [0.4, 0.5) is 0 Å². The summed E-state index contributed by atoms with van der Waals surface area (Å²) in [6.45, 7) is -0.188. The maximum Gasteiger partial charge on any atom is 0.220 e. The molecule has 1 heterocycles. The van der Waals surface area contributed by atoms with E-state index in [0.29, 0.717) is 12.8 Å². The Hall–Kier alpha value is -0.610. The first-order valence-corrected chi connectivity index (χ1v) is 3.32. The standard InChI is InChI=1S/C6H11NO3/c8-3-4-5(9)1-2-6(10)7-4/h4-5,8-9H,1-3H2,(H,7,10)/t4-,5-/m0/s1. The van der Waals surface area contributed by atoms with Crippen molar-refractivity contribution in [3.8, 4) is 0 Å². The first-order valence-electron chi connectivity index (χ1n) is 3.32. The van der Waals surface area contributed by atoms with Gasteiger partial charge in [-0.2, -0.15) is 0 Å². The highest BCUT2D eigenvalue weighted by molar-refractivity contribution is 5.77. The molecule has 1 rings (SSSR count). The Morgan fingerprint density at radius 3 is 2.90 bits per heavy atom. The summed E-state index contributed by atoms with van der Waals surface area (Å²) in [5.74, 6) is -0.0932. The van der Waals surface area contributed by atoms with Gasteiger partial charge >= 0.3 is 0 Å². The van der Waals surface area contributed by atoms with E-state index in [9.17, 15) is 4.79 Å². The molecule has 1 aliphatic heterocycles. The molecule has 0 bridgehead atoms. The Labute approximate surface area is 58.9 Å². The maximum atomic E-state index is 10.6. The van der Waals surface area contributed by atoms with Crippen LogP contribution in [0.3, 0.4) is 0 Å². The highest BCUT2D eigenvalue weighted by Gasteiger charge is 2.25. The van der Waals surface area contributed by atoms with Crippen LogP contribution in [0.15, 0.2) is 0 Å². The smallest absolute Gasteiger partial charge is 0.220 e. The third-order valence-corrected chi connectivity index (χ3v) is 1.67. The molecule has 1 amide bonds. The van der Waals surface area contributed by atoms with Crippen molar-refractivity contribution < 1.29 is 15.0 Å². The normalized spacial score (nSPS) is 33.6. The van der Waals surface area contributed by atoms with E-state index >= 15 is 0 Å². The summed E-state index contributed by atoms with van der Waals surface area (Å²) in [6, 6.07) is -0.457. The lowest BCUT2D eigenvalue weighted by Crippen LogP contribution is -2.49. The second kappa shape index (κ2) is 2.98. The van der Waals surface area contributed by atoms with Gasteiger partial charge in [-0.05, 0) is 6.42 Å². The van der Waals surface area contributed by atoms with E-state index in [-0.39, 0.29) is 12.5 Å². The average Bonchev–Trinajstić information content (AvgIpc) is 1.94. The molecule has 0 aromatic carbocycles. The fourth-order valence-electron chi connectivity index (χ4n) is 1.02. The van der Waals surface area contributed by atoms with Gasteiger partial charge in [0.15, 0.2) is 0 Å². The van der Waals surface area contributed by atoms with Crippen molar-refractivity contribution in [3.63, 3.8) is 0 Å². The molecule has 0 unspecified atom stereocenters. The second-order valence-electron chi connectivity index (χ2n) is 2.46. The van der Waals surface area contributed by atoms with E-state index in [0.717, 1.165) is 0 Å². The summed E-state index contributed by atoms with van der Waals surface area (Å²) in [7, 11) is 0. The average molecular weight is 145 g/mol. The molecular formula is C6H11NO3. The van der Waals surface area contributed by atoms with Crippen LogP contribution in [-0.2, 0) is 4.79 Å². The summed E-state index contributed by atoms with van der Waals surface area (Å²) >= 11 is 0. The van der Waals surface area contributed by atoms with Crippen molar-refractivity contribution in [1.82, 2.24) is 5.32 Å². The number of nitrogens with one attached hydrogen (secondary N) is 1. The fraction of sp³-hybridized carbons (Fsp3) is 0.833. The molecule has 1 aliphatic rings. The lowest BCUT2D eigenvalue weighted by atomic mass is 10.0.